The molecular weight excluding hydrogens is 615 g/mol. The van der Waals surface area contributed by atoms with E-state index in [-0.39, 0.29) is 29.7 Å². The minimum atomic E-state index is -3.07. The van der Waals surface area contributed by atoms with E-state index in [1.54, 1.807) is 18.2 Å². The van der Waals surface area contributed by atoms with Crippen molar-refractivity contribution in [2.24, 2.45) is 0 Å². The molecule has 2 saturated heterocycles. The number of hydrogen-bond acceptors (Lipinski definition) is 7. The largest absolute Gasteiger partial charge is 0.473 e. The van der Waals surface area contributed by atoms with Gasteiger partial charge in [-0.1, -0.05) is 29.8 Å². The van der Waals surface area contributed by atoms with Crippen molar-refractivity contribution < 1.29 is 22.3 Å². The molecule has 1 aliphatic carbocycles. The fourth-order valence-corrected chi connectivity index (χ4v) is 8.48. The van der Waals surface area contributed by atoms with Gasteiger partial charge in [-0.2, -0.15) is 0 Å². The Hall–Kier alpha value is -3.05. The third kappa shape index (κ3) is 6.61. The predicted molar refractivity (Wildman–Crippen MR) is 172 cm³/mol. The molecule has 2 aromatic heterocycles. The van der Waals surface area contributed by atoms with E-state index < -0.39 is 9.84 Å². The summed E-state index contributed by atoms with van der Waals surface area (Å²) in [6.45, 7) is 4.23. The number of hydrogen-bond donors (Lipinski definition) is 0. The zero-order valence-electron chi connectivity index (χ0n) is 25.4. The highest BCUT2D eigenvalue weighted by molar-refractivity contribution is 7.91. The summed E-state index contributed by atoms with van der Waals surface area (Å²) in [5, 5.41) is 0.0597. The molecule has 4 aromatic rings. The zero-order chi connectivity index (χ0) is 31.1. The predicted octanol–water partition coefficient (Wildman–Crippen LogP) is 6.26. The summed E-state index contributed by atoms with van der Waals surface area (Å²) in [5.74, 6) is 1.47. The number of pyridine rings is 1. The number of fused-ring (bicyclic) bond motifs is 1. The normalized spacial score (nSPS) is 22.7. The van der Waals surface area contributed by atoms with Crippen LogP contribution in [0.1, 0.15) is 66.6 Å². The number of halogens is 2. The van der Waals surface area contributed by atoms with Crippen molar-refractivity contribution in [1.29, 1.82) is 0 Å². The van der Waals surface area contributed by atoms with Crippen LogP contribution in [0.25, 0.3) is 11.0 Å². The van der Waals surface area contributed by atoms with Crippen LogP contribution in [0, 0.1) is 5.82 Å². The third-order valence-corrected chi connectivity index (χ3v) is 11.6. The van der Waals surface area contributed by atoms with Crippen LogP contribution in [0.5, 0.6) is 5.88 Å². The molecule has 3 fully saturated rings. The Morgan fingerprint density at radius 2 is 1.84 bits per heavy atom. The lowest BCUT2D eigenvalue weighted by Gasteiger charge is -2.35. The summed E-state index contributed by atoms with van der Waals surface area (Å²) in [5.41, 5.74) is 4.50. The first kappa shape index (κ1) is 30.6. The number of benzene rings is 2. The van der Waals surface area contributed by atoms with Crippen LogP contribution in [0.4, 0.5) is 4.39 Å². The molecule has 2 aliphatic heterocycles. The molecular formula is C34H38ClFN4O4S. The molecule has 2 aromatic carbocycles. The van der Waals surface area contributed by atoms with Crippen molar-refractivity contribution in [2.75, 3.05) is 26.0 Å². The Balaban J connectivity index is 1.02. The molecule has 8 nitrogen and oxygen atoms in total. The first-order chi connectivity index (χ1) is 21.7. The van der Waals surface area contributed by atoms with Crippen molar-refractivity contribution >= 4 is 32.5 Å². The van der Waals surface area contributed by atoms with Gasteiger partial charge < -0.3 is 14.0 Å². The molecule has 0 spiro atoms. The molecule has 3 atom stereocenters. The highest BCUT2D eigenvalue weighted by Crippen LogP contribution is 2.42. The Labute approximate surface area is 268 Å². The number of sulfone groups is 1. The van der Waals surface area contributed by atoms with Crippen molar-refractivity contribution in [2.45, 2.75) is 75.0 Å². The van der Waals surface area contributed by atoms with E-state index in [9.17, 15) is 12.8 Å². The summed E-state index contributed by atoms with van der Waals surface area (Å²) in [4.78, 5) is 12.3. The molecule has 0 bridgehead atoms. The van der Waals surface area contributed by atoms with E-state index in [1.807, 2.05) is 12.1 Å². The molecule has 11 heteroatoms. The van der Waals surface area contributed by atoms with Crippen LogP contribution in [0.15, 0.2) is 54.6 Å². The second-order valence-corrected chi connectivity index (χ2v) is 15.4. The summed E-state index contributed by atoms with van der Waals surface area (Å²) in [6, 6.07) is 16.7. The van der Waals surface area contributed by atoms with Crippen LogP contribution in [0.2, 0.25) is 5.02 Å². The Morgan fingerprint density at radius 1 is 1.02 bits per heavy atom. The molecule has 0 radical (unpaired) electrons. The van der Waals surface area contributed by atoms with Crippen LogP contribution in [-0.4, -0.2) is 65.2 Å². The van der Waals surface area contributed by atoms with Gasteiger partial charge in [0.1, 0.15) is 18.2 Å². The SMILES string of the molecule is CS(=O)(=O)C1CC[C@@H]1c1ccc2c(c1)nc(CN1CCC(c3cccc(OCc4ccc(Cl)cc4F)n3)CC1)n2CC1CCO1. The number of piperidine rings is 1. The Morgan fingerprint density at radius 3 is 2.53 bits per heavy atom. The summed E-state index contributed by atoms with van der Waals surface area (Å²) in [7, 11) is -3.07. The number of likely N-dealkylation sites (tertiary alicyclic amines) is 1. The van der Waals surface area contributed by atoms with E-state index in [4.69, 9.17) is 31.0 Å². The molecule has 45 heavy (non-hydrogen) atoms. The number of ether oxygens (including phenoxy) is 2. The highest BCUT2D eigenvalue weighted by Gasteiger charge is 2.39. The number of imidazole rings is 1. The fourth-order valence-electron chi connectivity index (χ4n) is 6.86. The lowest BCUT2D eigenvalue weighted by Crippen LogP contribution is -2.36. The van der Waals surface area contributed by atoms with Crippen LogP contribution in [0.3, 0.4) is 0 Å². The van der Waals surface area contributed by atoms with Gasteiger partial charge in [0.2, 0.25) is 5.88 Å². The van der Waals surface area contributed by atoms with Crippen molar-refractivity contribution in [3.8, 4) is 5.88 Å². The molecule has 7 rings (SSSR count). The quantitative estimate of drug-likeness (QED) is 0.200. The summed E-state index contributed by atoms with van der Waals surface area (Å²) >= 11 is 5.87. The van der Waals surface area contributed by atoms with Gasteiger partial charge in [0, 0.05) is 47.0 Å². The van der Waals surface area contributed by atoms with Crippen molar-refractivity contribution in [1.82, 2.24) is 19.4 Å². The summed E-state index contributed by atoms with van der Waals surface area (Å²) < 4.78 is 52.6. The van der Waals surface area contributed by atoms with E-state index in [1.165, 1.54) is 12.3 Å². The van der Waals surface area contributed by atoms with Gasteiger partial charge in [0.15, 0.2) is 9.84 Å². The van der Waals surface area contributed by atoms with Gasteiger partial charge in [-0.15, -0.1) is 0 Å². The number of aromatic nitrogens is 3. The van der Waals surface area contributed by atoms with Gasteiger partial charge in [0.25, 0.3) is 0 Å². The average molecular weight is 653 g/mol. The zero-order valence-corrected chi connectivity index (χ0v) is 26.9. The van der Waals surface area contributed by atoms with Crippen LogP contribution in [-0.2, 0) is 34.3 Å². The molecule has 0 amide bonds. The number of rotatable bonds is 10. The van der Waals surface area contributed by atoms with Gasteiger partial charge in [-0.3, -0.25) is 4.90 Å². The summed E-state index contributed by atoms with van der Waals surface area (Å²) in [6.07, 6.45) is 6.15. The molecule has 1 saturated carbocycles. The van der Waals surface area contributed by atoms with Gasteiger partial charge in [-0.05, 0) is 81.1 Å². The van der Waals surface area contributed by atoms with Crippen LogP contribution >= 0.6 is 11.6 Å². The average Bonchev–Trinajstić information content (AvgIpc) is 3.29. The number of nitrogens with zero attached hydrogens (tertiary/aromatic N) is 4. The first-order valence-electron chi connectivity index (χ1n) is 15.8. The molecule has 238 valence electrons. The Bertz CT molecular complexity index is 1800. The minimum Gasteiger partial charge on any atom is -0.473 e. The van der Waals surface area contributed by atoms with Gasteiger partial charge in [-0.25, -0.2) is 22.8 Å². The van der Waals surface area contributed by atoms with E-state index in [2.05, 4.69) is 27.7 Å². The van der Waals surface area contributed by atoms with Gasteiger partial charge in [0.05, 0.1) is 35.5 Å². The highest BCUT2D eigenvalue weighted by atomic mass is 35.5. The standard InChI is InChI=1S/C34H38ClFN4O4S/c1-45(41,42)32-10-8-27(32)23-6-9-31-30(17-23)37-33(40(31)19-26-13-16-43-26)20-39-14-11-22(12-15-39)29-3-2-4-34(38-29)44-21-24-5-7-25(35)18-28(24)36/h2-7,9,17-18,22,26-27,32H,8,10-16,19-21H2,1H3/t26?,27-,32?/m1/s1. The maximum atomic E-state index is 14.2. The minimum absolute atomic E-state index is 0.0445. The maximum Gasteiger partial charge on any atom is 0.213 e. The first-order valence-corrected chi connectivity index (χ1v) is 18.1. The van der Waals surface area contributed by atoms with Crippen LogP contribution < -0.4 is 4.74 Å². The van der Waals surface area contributed by atoms with E-state index in [0.29, 0.717) is 22.4 Å². The topological polar surface area (TPSA) is 86.5 Å². The smallest absolute Gasteiger partial charge is 0.213 e. The molecule has 3 aliphatic rings. The lowest BCUT2D eigenvalue weighted by atomic mass is 9.79. The molecule has 4 heterocycles. The van der Waals surface area contributed by atoms with Gasteiger partial charge >= 0.3 is 0 Å². The second kappa shape index (κ2) is 12.6. The second-order valence-electron chi connectivity index (χ2n) is 12.7. The molecule has 0 N–H and O–H groups in total. The fraction of sp³-hybridized carbons (Fsp3) is 0.471. The van der Waals surface area contributed by atoms with E-state index >= 15 is 0 Å². The lowest BCUT2D eigenvalue weighted by molar-refractivity contribution is -0.0592. The van der Waals surface area contributed by atoms with Crippen molar-refractivity contribution in [3.05, 3.63) is 88.1 Å². The monoisotopic (exact) mass is 652 g/mol. The van der Waals surface area contributed by atoms with Crippen molar-refractivity contribution in [3.63, 3.8) is 0 Å². The molecule has 2 unspecified atom stereocenters. The van der Waals surface area contributed by atoms with E-state index in [0.717, 1.165) is 93.0 Å². The maximum absolute atomic E-state index is 14.2. The Kier molecular flexibility index (Phi) is 8.58. The third-order valence-electron chi connectivity index (χ3n) is 9.73.